The van der Waals surface area contributed by atoms with Crippen molar-refractivity contribution in [1.29, 1.82) is 0 Å². The maximum absolute atomic E-state index is 12.5. The minimum Gasteiger partial charge on any atom is -0.315 e. The topological polar surface area (TPSA) is 92.6 Å². The molecule has 0 bridgehead atoms. The van der Waals surface area contributed by atoms with Crippen molar-refractivity contribution in [3.05, 3.63) is 33.3 Å². The van der Waals surface area contributed by atoms with Gasteiger partial charge in [0.15, 0.2) is 0 Å². The smallest absolute Gasteiger partial charge is 0.271 e. The molecule has 1 N–H and O–H groups in total. The van der Waals surface area contributed by atoms with Crippen LogP contribution in [0.4, 0.5) is 5.69 Å². The molecule has 1 fully saturated rings. The van der Waals surface area contributed by atoms with E-state index in [1.54, 1.807) is 0 Å². The van der Waals surface area contributed by atoms with Gasteiger partial charge in [0.1, 0.15) is 4.90 Å². The molecule has 1 aliphatic heterocycles. The van der Waals surface area contributed by atoms with Gasteiger partial charge in [0, 0.05) is 31.8 Å². The van der Waals surface area contributed by atoms with Crippen LogP contribution in [0.2, 0.25) is 5.02 Å². The second kappa shape index (κ2) is 6.89. The van der Waals surface area contributed by atoms with Gasteiger partial charge in [0.25, 0.3) is 5.69 Å². The number of nitro benzene ring substituents is 1. The molecular formula is C11H15Cl2N3O4S. The molecule has 0 saturated carbocycles. The number of likely N-dealkylation sites (N-methyl/N-ethyl adjacent to an activating group) is 1. The molecule has 0 aliphatic carbocycles. The SMILES string of the molecule is CN(C1CCNC1)S(=O)(=O)c1ccc([N+](=O)[O-])cc1Cl.Cl. The molecule has 10 heteroatoms. The minimum atomic E-state index is -3.76. The molecule has 0 amide bonds. The molecule has 1 heterocycles. The van der Waals surface area contributed by atoms with Gasteiger partial charge in [-0.05, 0) is 19.0 Å². The number of benzene rings is 1. The molecular weight excluding hydrogens is 341 g/mol. The van der Waals surface area contributed by atoms with E-state index in [9.17, 15) is 18.5 Å². The van der Waals surface area contributed by atoms with Crippen LogP contribution in [0.1, 0.15) is 6.42 Å². The van der Waals surface area contributed by atoms with Gasteiger partial charge in [-0.1, -0.05) is 11.6 Å². The van der Waals surface area contributed by atoms with E-state index in [1.165, 1.54) is 17.4 Å². The van der Waals surface area contributed by atoms with Crippen LogP contribution in [0.25, 0.3) is 0 Å². The highest BCUT2D eigenvalue weighted by Gasteiger charge is 2.31. The molecule has 1 aromatic rings. The first-order chi connectivity index (χ1) is 9.34. The van der Waals surface area contributed by atoms with Gasteiger partial charge in [0.05, 0.1) is 9.95 Å². The molecule has 0 radical (unpaired) electrons. The highest BCUT2D eigenvalue weighted by Crippen LogP contribution is 2.29. The number of non-ortho nitro benzene ring substituents is 1. The highest BCUT2D eigenvalue weighted by atomic mass is 35.5. The molecule has 0 spiro atoms. The number of nitrogens with one attached hydrogen (secondary N) is 1. The van der Waals surface area contributed by atoms with Crippen LogP contribution in [0.3, 0.4) is 0 Å². The first kappa shape index (κ1) is 18.1. The lowest BCUT2D eigenvalue weighted by atomic mass is 10.3. The van der Waals surface area contributed by atoms with E-state index in [4.69, 9.17) is 11.6 Å². The molecule has 2 rings (SSSR count). The number of nitrogens with zero attached hydrogens (tertiary/aromatic N) is 2. The number of hydrogen-bond donors (Lipinski definition) is 1. The summed E-state index contributed by atoms with van der Waals surface area (Å²) < 4.78 is 26.2. The Labute approximate surface area is 133 Å². The largest absolute Gasteiger partial charge is 0.315 e. The third kappa shape index (κ3) is 3.64. The van der Waals surface area contributed by atoms with E-state index in [0.29, 0.717) is 6.54 Å². The van der Waals surface area contributed by atoms with E-state index in [1.807, 2.05) is 0 Å². The number of halogens is 2. The van der Waals surface area contributed by atoms with Crippen molar-refractivity contribution in [2.75, 3.05) is 20.1 Å². The summed E-state index contributed by atoms with van der Waals surface area (Å²) in [4.78, 5) is 9.91. The van der Waals surface area contributed by atoms with Crippen LogP contribution in [-0.4, -0.2) is 43.8 Å². The Morgan fingerprint density at radius 2 is 2.14 bits per heavy atom. The summed E-state index contributed by atoms with van der Waals surface area (Å²) in [5.74, 6) is 0. The Hall–Kier alpha value is -0.930. The monoisotopic (exact) mass is 355 g/mol. The summed E-state index contributed by atoms with van der Waals surface area (Å²) >= 11 is 5.88. The lowest BCUT2D eigenvalue weighted by molar-refractivity contribution is -0.384. The quantitative estimate of drug-likeness (QED) is 0.654. The van der Waals surface area contributed by atoms with Crippen LogP contribution in [0.5, 0.6) is 0 Å². The molecule has 1 atom stereocenters. The van der Waals surface area contributed by atoms with E-state index >= 15 is 0 Å². The van der Waals surface area contributed by atoms with Crippen LogP contribution in [0.15, 0.2) is 23.1 Å². The summed E-state index contributed by atoms with van der Waals surface area (Å²) in [6.45, 7) is 1.35. The zero-order chi connectivity index (χ0) is 14.9. The number of sulfonamides is 1. The fourth-order valence-corrected chi connectivity index (χ4v) is 4.01. The average molecular weight is 356 g/mol. The Balaban J connectivity index is 0.00000220. The van der Waals surface area contributed by atoms with Crippen LogP contribution >= 0.6 is 24.0 Å². The van der Waals surface area contributed by atoms with Gasteiger partial charge in [-0.25, -0.2) is 8.42 Å². The van der Waals surface area contributed by atoms with Gasteiger partial charge >= 0.3 is 0 Å². The van der Waals surface area contributed by atoms with Crippen molar-refractivity contribution >= 4 is 39.7 Å². The van der Waals surface area contributed by atoms with Gasteiger partial charge in [-0.3, -0.25) is 10.1 Å². The van der Waals surface area contributed by atoms with E-state index < -0.39 is 14.9 Å². The van der Waals surface area contributed by atoms with Crippen molar-refractivity contribution < 1.29 is 13.3 Å². The van der Waals surface area contributed by atoms with E-state index in [0.717, 1.165) is 25.1 Å². The minimum absolute atomic E-state index is 0. The van der Waals surface area contributed by atoms with Crippen molar-refractivity contribution in [3.63, 3.8) is 0 Å². The molecule has 1 unspecified atom stereocenters. The van der Waals surface area contributed by atoms with Gasteiger partial charge in [-0.15, -0.1) is 12.4 Å². The predicted octanol–water partition coefficient (Wildman–Crippen LogP) is 1.65. The third-order valence-electron chi connectivity index (χ3n) is 3.33. The van der Waals surface area contributed by atoms with E-state index in [-0.39, 0.29) is 34.1 Å². The molecule has 1 saturated heterocycles. The van der Waals surface area contributed by atoms with Gasteiger partial charge < -0.3 is 5.32 Å². The number of hydrogen-bond acceptors (Lipinski definition) is 5. The maximum atomic E-state index is 12.5. The Kier molecular flexibility index (Phi) is 5.94. The van der Waals surface area contributed by atoms with Crippen LogP contribution in [-0.2, 0) is 10.0 Å². The zero-order valence-electron chi connectivity index (χ0n) is 11.2. The van der Waals surface area contributed by atoms with Crippen LogP contribution < -0.4 is 5.32 Å². The first-order valence-corrected chi connectivity index (χ1v) is 7.78. The first-order valence-electron chi connectivity index (χ1n) is 5.96. The van der Waals surface area contributed by atoms with Crippen LogP contribution in [0, 0.1) is 10.1 Å². The Morgan fingerprint density at radius 1 is 1.48 bits per heavy atom. The standard InChI is InChI=1S/C11H14ClN3O4S.ClH/c1-14(9-4-5-13-7-9)20(18,19)11-3-2-8(15(16)17)6-10(11)12;/h2-3,6,9,13H,4-5,7H2,1H3;1H. The lowest BCUT2D eigenvalue weighted by Crippen LogP contribution is -2.38. The third-order valence-corrected chi connectivity index (χ3v) is 5.72. The normalized spacial score (nSPS) is 18.5. The Morgan fingerprint density at radius 3 is 2.62 bits per heavy atom. The Bertz CT molecular complexity index is 632. The number of nitro groups is 1. The highest BCUT2D eigenvalue weighted by molar-refractivity contribution is 7.89. The lowest BCUT2D eigenvalue weighted by Gasteiger charge is -2.23. The van der Waals surface area contributed by atoms with Gasteiger partial charge in [-0.2, -0.15) is 4.31 Å². The second-order valence-corrected chi connectivity index (χ2v) is 6.91. The van der Waals surface area contributed by atoms with Crippen molar-refractivity contribution in [1.82, 2.24) is 9.62 Å². The zero-order valence-corrected chi connectivity index (χ0v) is 13.5. The number of rotatable bonds is 4. The summed E-state index contributed by atoms with van der Waals surface area (Å²) in [7, 11) is -2.27. The molecule has 1 aliphatic rings. The van der Waals surface area contributed by atoms with Crippen molar-refractivity contribution in [2.24, 2.45) is 0 Å². The summed E-state index contributed by atoms with van der Waals surface area (Å²) in [5, 5.41) is 13.6. The molecule has 118 valence electrons. The summed E-state index contributed by atoms with van der Waals surface area (Å²) in [5.41, 5.74) is -0.237. The van der Waals surface area contributed by atoms with Crippen molar-refractivity contribution in [2.45, 2.75) is 17.4 Å². The average Bonchev–Trinajstić information content (AvgIpc) is 2.90. The fourth-order valence-electron chi connectivity index (χ4n) is 2.11. The molecule has 0 aromatic heterocycles. The molecule has 21 heavy (non-hydrogen) atoms. The van der Waals surface area contributed by atoms with Gasteiger partial charge in [0.2, 0.25) is 10.0 Å². The predicted molar refractivity (Wildman–Crippen MR) is 81.6 cm³/mol. The van der Waals surface area contributed by atoms with E-state index in [2.05, 4.69) is 5.32 Å². The summed E-state index contributed by atoms with van der Waals surface area (Å²) in [6.07, 6.45) is 0.723. The molecule has 7 nitrogen and oxygen atoms in total. The maximum Gasteiger partial charge on any atom is 0.271 e. The summed E-state index contributed by atoms with van der Waals surface area (Å²) in [6, 6.07) is 3.23. The molecule has 1 aromatic carbocycles. The fraction of sp³-hybridized carbons (Fsp3) is 0.455. The van der Waals surface area contributed by atoms with Crippen molar-refractivity contribution in [3.8, 4) is 0 Å². The second-order valence-electron chi connectivity index (χ2n) is 4.54.